The van der Waals surface area contributed by atoms with Crippen molar-refractivity contribution >= 4 is 15.7 Å². The van der Waals surface area contributed by atoms with Crippen molar-refractivity contribution in [3.8, 4) is 0 Å². The topological polar surface area (TPSA) is 57.7 Å². The lowest BCUT2D eigenvalue weighted by Crippen LogP contribution is -2.47. The third-order valence-electron chi connectivity index (χ3n) is 5.12. The molecule has 5 nitrogen and oxygen atoms in total. The highest BCUT2D eigenvalue weighted by atomic mass is 32.2. The molecule has 6 heteroatoms. The maximum Gasteiger partial charge on any atom is 0.236 e. The zero-order valence-electron chi connectivity index (χ0n) is 13.7. The standard InChI is InChI=1S/C17H24N2O3S/c1-18(15-8-5-9-16(15)23(2,21)22)17(20)12-19-10-13-6-3-4-7-14(13)11-19/h3-4,6-7,15-16H,5,8-12H2,1-2H3/t15-,16-/m1/s1. The van der Waals surface area contributed by atoms with Gasteiger partial charge in [0.05, 0.1) is 11.8 Å². The molecule has 0 unspecified atom stereocenters. The molecule has 1 fully saturated rings. The van der Waals surface area contributed by atoms with E-state index in [-0.39, 0.29) is 11.9 Å². The first-order valence-electron chi connectivity index (χ1n) is 8.10. The lowest BCUT2D eigenvalue weighted by molar-refractivity contribution is -0.133. The summed E-state index contributed by atoms with van der Waals surface area (Å²) in [6.45, 7) is 1.92. The number of hydrogen-bond donors (Lipinski definition) is 0. The Morgan fingerprint density at radius 2 is 1.83 bits per heavy atom. The molecule has 3 rings (SSSR count). The van der Waals surface area contributed by atoms with Crippen LogP contribution in [-0.2, 0) is 27.7 Å². The molecule has 23 heavy (non-hydrogen) atoms. The summed E-state index contributed by atoms with van der Waals surface area (Å²) >= 11 is 0. The van der Waals surface area contributed by atoms with Crippen molar-refractivity contribution in [2.75, 3.05) is 19.8 Å². The van der Waals surface area contributed by atoms with Gasteiger partial charge < -0.3 is 4.90 Å². The second-order valence-electron chi connectivity index (χ2n) is 6.78. The number of hydrogen-bond acceptors (Lipinski definition) is 4. The van der Waals surface area contributed by atoms with Gasteiger partial charge in [-0.15, -0.1) is 0 Å². The van der Waals surface area contributed by atoms with Crippen LogP contribution in [0.4, 0.5) is 0 Å². The Balaban J connectivity index is 1.63. The van der Waals surface area contributed by atoms with Crippen LogP contribution in [0.3, 0.4) is 0 Å². The molecule has 1 aliphatic heterocycles. The zero-order chi connectivity index (χ0) is 16.6. The number of nitrogens with zero attached hydrogens (tertiary/aromatic N) is 2. The fourth-order valence-corrected chi connectivity index (χ4v) is 5.34. The smallest absolute Gasteiger partial charge is 0.236 e. The summed E-state index contributed by atoms with van der Waals surface area (Å²) in [5.41, 5.74) is 2.55. The Morgan fingerprint density at radius 3 is 2.39 bits per heavy atom. The number of benzene rings is 1. The Morgan fingerprint density at radius 1 is 1.22 bits per heavy atom. The number of sulfone groups is 1. The predicted molar refractivity (Wildman–Crippen MR) is 89.6 cm³/mol. The molecule has 0 radical (unpaired) electrons. The van der Waals surface area contributed by atoms with E-state index in [1.165, 1.54) is 17.4 Å². The van der Waals surface area contributed by atoms with Gasteiger partial charge in [0.15, 0.2) is 9.84 Å². The first-order chi connectivity index (χ1) is 10.9. The molecule has 1 aliphatic carbocycles. The van der Waals surface area contributed by atoms with Crippen molar-refractivity contribution in [2.24, 2.45) is 0 Å². The molecule has 1 saturated carbocycles. The van der Waals surface area contributed by atoms with Crippen molar-refractivity contribution < 1.29 is 13.2 Å². The average molecular weight is 336 g/mol. The molecule has 1 aromatic rings. The zero-order valence-corrected chi connectivity index (χ0v) is 14.6. The third-order valence-corrected chi connectivity index (χ3v) is 6.77. The summed E-state index contributed by atoms with van der Waals surface area (Å²) in [4.78, 5) is 16.4. The summed E-state index contributed by atoms with van der Waals surface area (Å²) < 4.78 is 23.8. The molecule has 1 amide bonds. The summed E-state index contributed by atoms with van der Waals surface area (Å²) in [7, 11) is -1.36. The Labute approximate surface area is 138 Å². The number of likely N-dealkylation sites (N-methyl/N-ethyl adjacent to an activating group) is 1. The van der Waals surface area contributed by atoms with Crippen LogP contribution in [0.15, 0.2) is 24.3 Å². The minimum absolute atomic E-state index is 0.0124. The second kappa shape index (κ2) is 6.24. The van der Waals surface area contributed by atoms with Crippen LogP contribution in [0.25, 0.3) is 0 Å². The number of fused-ring (bicyclic) bond motifs is 1. The van der Waals surface area contributed by atoms with E-state index in [0.717, 1.165) is 25.9 Å². The van der Waals surface area contributed by atoms with Gasteiger partial charge in [0.25, 0.3) is 0 Å². The molecule has 0 aromatic heterocycles. The van der Waals surface area contributed by atoms with Crippen LogP contribution in [-0.4, -0.2) is 55.3 Å². The van der Waals surface area contributed by atoms with E-state index in [9.17, 15) is 13.2 Å². The van der Waals surface area contributed by atoms with E-state index in [4.69, 9.17) is 0 Å². The van der Waals surface area contributed by atoms with Crippen LogP contribution in [0.1, 0.15) is 30.4 Å². The summed E-state index contributed by atoms with van der Waals surface area (Å²) in [5, 5.41) is -0.410. The molecule has 0 spiro atoms. The largest absolute Gasteiger partial charge is 0.340 e. The molecular weight excluding hydrogens is 312 g/mol. The van der Waals surface area contributed by atoms with Gasteiger partial charge in [0.1, 0.15) is 0 Å². The minimum atomic E-state index is -3.11. The van der Waals surface area contributed by atoms with Gasteiger partial charge in [-0.2, -0.15) is 0 Å². The van der Waals surface area contributed by atoms with Gasteiger partial charge in [0.2, 0.25) is 5.91 Å². The number of amides is 1. The van der Waals surface area contributed by atoms with Crippen molar-refractivity contribution in [3.63, 3.8) is 0 Å². The van der Waals surface area contributed by atoms with E-state index < -0.39 is 15.1 Å². The molecule has 2 aliphatic rings. The Kier molecular flexibility index (Phi) is 4.47. The Bertz CT molecular complexity index is 677. The van der Waals surface area contributed by atoms with Gasteiger partial charge in [-0.25, -0.2) is 8.42 Å². The van der Waals surface area contributed by atoms with Crippen LogP contribution in [0.2, 0.25) is 0 Å². The van der Waals surface area contributed by atoms with Crippen LogP contribution in [0, 0.1) is 0 Å². The molecule has 0 saturated heterocycles. The lowest BCUT2D eigenvalue weighted by Gasteiger charge is -2.30. The summed E-state index contributed by atoms with van der Waals surface area (Å²) in [5.74, 6) is 0.0124. The van der Waals surface area contributed by atoms with Gasteiger partial charge in [-0.3, -0.25) is 9.69 Å². The molecular formula is C17H24N2O3S. The molecule has 126 valence electrons. The van der Waals surface area contributed by atoms with E-state index in [1.807, 2.05) is 12.1 Å². The predicted octanol–water partition coefficient (Wildman–Crippen LogP) is 1.43. The molecule has 2 atom stereocenters. The van der Waals surface area contributed by atoms with E-state index in [1.54, 1.807) is 11.9 Å². The van der Waals surface area contributed by atoms with E-state index >= 15 is 0 Å². The first-order valence-corrected chi connectivity index (χ1v) is 10.1. The molecule has 0 bridgehead atoms. The van der Waals surface area contributed by atoms with Gasteiger partial charge in [-0.1, -0.05) is 24.3 Å². The highest BCUT2D eigenvalue weighted by Crippen LogP contribution is 2.29. The number of carbonyl (C=O) groups is 1. The maximum absolute atomic E-state index is 12.6. The quantitative estimate of drug-likeness (QED) is 0.834. The highest BCUT2D eigenvalue weighted by Gasteiger charge is 2.39. The van der Waals surface area contributed by atoms with Crippen LogP contribution in [0.5, 0.6) is 0 Å². The van der Waals surface area contributed by atoms with Gasteiger partial charge in [-0.05, 0) is 30.4 Å². The third kappa shape index (κ3) is 3.43. The lowest BCUT2D eigenvalue weighted by atomic mass is 10.1. The van der Waals surface area contributed by atoms with Crippen molar-refractivity contribution in [3.05, 3.63) is 35.4 Å². The minimum Gasteiger partial charge on any atom is -0.340 e. The van der Waals surface area contributed by atoms with Crippen molar-refractivity contribution in [1.29, 1.82) is 0 Å². The van der Waals surface area contributed by atoms with E-state index in [2.05, 4.69) is 17.0 Å². The highest BCUT2D eigenvalue weighted by molar-refractivity contribution is 7.91. The molecule has 1 aromatic carbocycles. The van der Waals surface area contributed by atoms with Gasteiger partial charge >= 0.3 is 0 Å². The van der Waals surface area contributed by atoms with Crippen molar-refractivity contribution in [2.45, 2.75) is 43.6 Å². The normalized spacial score (nSPS) is 24.6. The van der Waals surface area contributed by atoms with Crippen LogP contribution < -0.4 is 0 Å². The van der Waals surface area contributed by atoms with Crippen LogP contribution >= 0.6 is 0 Å². The summed E-state index contributed by atoms with van der Waals surface area (Å²) in [6.07, 6.45) is 3.59. The fraction of sp³-hybridized carbons (Fsp3) is 0.588. The second-order valence-corrected chi connectivity index (χ2v) is 9.05. The van der Waals surface area contributed by atoms with Crippen molar-refractivity contribution in [1.82, 2.24) is 9.80 Å². The van der Waals surface area contributed by atoms with E-state index in [0.29, 0.717) is 13.0 Å². The Hall–Kier alpha value is -1.40. The fourth-order valence-electron chi connectivity index (χ4n) is 3.85. The summed E-state index contributed by atoms with van der Waals surface area (Å²) in [6, 6.07) is 8.06. The number of rotatable bonds is 4. The maximum atomic E-state index is 12.6. The first kappa shape index (κ1) is 16.5. The average Bonchev–Trinajstić information content (AvgIpc) is 3.11. The number of carbonyl (C=O) groups excluding carboxylic acids is 1. The SMILES string of the molecule is CN(C(=O)CN1Cc2ccccc2C1)[C@@H]1CCC[C@H]1S(C)(=O)=O. The monoisotopic (exact) mass is 336 g/mol. The van der Waals surface area contributed by atoms with Gasteiger partial charge in [0, 0.05) is 32.4 Å². The molecule has 1 heterocycles. The molecule has 0 N–H and O–H groups in total.